The third-order valence-electron chi connectivity index (χ3n) is 6.13. The Morgan fingerprint density at radius 1 is 1.21 bits per heavy atom. The summed E-state index contributed by atoms with van der Waals surface area (Å²) in [6.45, 7) is 11.9. The summed E-state index contributed by atoms with van der Waals surface area (Å²) in [6, 6.07) is 8.12. The van der Waals surface area contributed by atoms with Crippen molar-refractivity contribution in [3.8, 4) is 16.9 Å². The van der Waals surface area contributed by atoms with Crippen LogP contribution in [0.4, 0.5) is 0 Å². The number of benzene rings is 1. The van der Waals surface area contributed by atoms with E-state index in [0.717, 1.165) is 23.4 Å². The summed E-state index contributed by atoms with van der Waals surface area (Å²) < 4.78 is 3.43. The molecular weight excluding hydrogens is 434 g/mol. The first-order valence-corrected chi connectivity index (χ1v) is 12.0. The molecule has 0 spiro atoms. The molecule has 0 aliphatic rings. The second kappa shape index (κ2) is 8.94. The van der Waals surface area contributed by atoms with E-state index >= 15 is 0 Å². The number of nitrogens with zero attached hydrogens (tertiary/aromatic N) is 4. The van der Waals surface area contributed by atoms with Gasteiger partial charge in [0.25, 0.3) is 5.56 Å². The van der Waals surface area contributed by atoms with E-state index in [0.29, 0.717) is 27.6 Å². The molecule has 8 heteroatoms. The summed E-state index contributed by atoms with van der Waals surface area (Å²) in [6.07, 6.45) is 0.980. The van der Waals surface area contributed by atoms with Gasteiger partial charge in [0.15, 0.2) is 4.96 Å². The van der Waals surface area contributed by atoms with Crippen LogP contribution in [0, 0.1) is 27.7 Å². The van der Waals surface area contributed by atoms with Crippen molar-refractivity contribution in [1.29, 1.82) is 0 Å². The van der Waals surface area contributed by atoms with Gasteiger partial charge in [0.05, 0.1) is 23.4 Å². The first-order chi connectivity index (χ1) is 15.7. The van der Waals surface area contributed by atoms with Crippen molar-refractivity contribution in [1.82, 2.24) is 24.5 Å². The normalized spacial score (nSPS) is 12.3. The average Bonchev–Trinajstić information content (AvgIpc) is 3.33. The average molecular weight is 464 g/mol. The second-order valence-electron chi connectivity index (χ2n) is 8.58. The van der Waals surface area contributed by atoms with E-state index in [-0.39, 0.29) is 23.9 Å². The molecule has 3 aromatic heterocycles. The molecule has 0 bridgehead atoms. The largest absolute Gasteiger partial charge is 0.353 e. The molecule has 0 saturated heterocycles. The maximum Gasteiger partial charge on any atom is 0.268 e. The number of nitrogens with one attached hydrogen (secondary N) is 1. The Morgan fingerprint density at radius 3 is 2.70 bits per heavy atom. The molecule has 3 heterocycles. The van der Waals surface area contributed by atoms with E-state index < -0.39 is 0 Å². The van der Waals surface area contributed by atoms with Gasteiger partial charge >= 0.3 is 0 Å². The molecule has 0 aliphatic carbocycles. The Morgan fingerprint density at radius 2 is 1.97 bits per heavy atom. The lowest BCUT2D eigenvalue weighted by molar-refractivity contribution is -0.121. The van der Waals surface area contributed by atoms with Crippen LogP contribution < -0.4 is 10.9 Å². The molecule has 4 rings (SSSR count). The number of carbonyl (C=O) groups excluding carboxylic acids is 1. The Labute approximate surface area is 197 Å². The molecule has 0 saturated carbocycles. The second-order valence-corrected chi connectivity index (χ2v) is 9.41. The van der Waals surface area contributed by atoms with Crippen molar-refractivity contribution in [3.63, 3.8) is 0 Å². The van der Waals surface area contributed by atoms with Crippen molar-refractivity contribution in [2.75, 3.05) is 0 Å². The molecule has 4 aromatic rings. The Kier molecular flexibility index (Phi) is 6.21. The van der Waals surface area contributed by atoms with Crippen LogP contribution in [0.1, 0.15) is 48.5 Å². The molecule has 0 unspecified atom stereocenters. The highest BCUT2D eigenvalue weighted by atomic mass is 32.1. The van der Waals surface area contributed by atoms with E-state index in [1.54, 1.807) is 4.40 Å². The van der Waals surface area contributed by atoms with Crippen molar-refractivity contribution < 1.29 is 4.79 Å². The number of rotatable bonds is 6. The molecule has 1 N–H and O–H groups in total. The molecule has 1 atom stereocenters. The van der Waals surface area contributed by atoms with Gasteiger partial charge in [-0.15, -0.1) is 11.3 Å². The van der Waals surface area contributed by atoms with E-state index in [9.17, 15) is 9.59 Å². The first-order valence-electron chi connectivity index (χ1n) is 11.1. The fraction of sp³-hybridized carbons (Fsp3) is 0.360. The van der Waals surface area contributed by atoms with E-state index in [1.807, 2.05) is 56.0 Å². The van der Waals surface area contributed by atoms with Crippen LogP contribution in [0.2, 0.25) is 0 Å². The zero-order valence-electron chi connectivity index (χ0n) is 19.9. The lowest BCUT2D eigenvalue weighted by atomic mass is 10.1. The number of hydrogen-bond donors (Lipinski definition) is 1. The summed E-state index contributed by atoms with van der Waals surface area (Å²) in [7, 11) is 0. The molecule has 7 nitrogen and oxygen atoms in total. The summed E-state index contributed by atoms with van der Waals surface area (Å²) in [5.74, 6) is -0.104. The highest BCUT2D eigenvalue weighted by molar-refractivity contribution is 7.15. The fourth-order valence-corrected chi connectivity index (χ4v) is 4.85. The van der Waals surface area contributed by atoms with Gasteiger partial charge in [0.2, 0.25) is 5.91 Å². The molecule has 0 aliphatic heterocycles. The number of amides is 1. The van der Waals surface area contributed by atoms with Gasteiger partial charge in [-0.3, -0.25) is 14.0 Å². The molecule has 0 fully saturated rings. The number of hydrogen-bond acceptors (Lipinski definition) is 5. The quantitative estimate of drug-likeness (QED) is 0.462. The van der Waals surface area contributed by atoms with Gasteiger partial charge in [-0.25, -0.2) is 9.67 Å². The Balaban J connectivity index is 1.80. The van der Waals surface area contributed by atoms with E-state index in [1.165, 1.54) is 16.9 Å². The monoisotopic (exact) mass is 463 g/mol. The third-order valence-corrected chi connectivity index (χ3v) is 7.00. The SMILES string of the molecule is CC[C@@H](C)NC(=O)Cc1csc2nc(C)c(-c3cc(C)n(-c4cccc(C)c4C)n3)c(=O)n12. The standard InChI is InChI=1S/C25H29N5O2S/c1-7-15(3)26-22(31)12-19-13-33-25-27-18(6)23(24(32)29(19)25)20-11-16(4)30(28-20)21-10-8-9-14(2)17(21)5/h8-11,13,15H,7,12H2,1-6H3,(H,26,31)/t15-/m1/s1. The smallest absolute Gasteiger partial charge is 0.268 e. The lowest BCUT2D eigenvalue weighted by Gasteiger charge is -2.11. The predicted molar refractivity (Wildman–Crippen MR) is 132 cm³/mol. The minimum Gasteiger partial charge on any atom is -0.353 e. The van der Waals surface area contributed by atoms with Crippen molar-refractivity contribution >= 4 is 22.2 Å². The minimum atomic E-state index is -0.198. The summed E-state index contributed by atoms with van der Waals surface area (Å²) >= 11 is 1.37. The van der Waals surface area contributed by atoms with Crippen LogP contribution >= 0.6 is 11.3 Å². The van der Waals surface area contributed by atoms with Crippen LogP contribution in [0.15, 0.2) is 34.4 Å². The minimum absolute atomic E-state index is 0.0899. The zero-order valence-corrected chi connectivity index (χ0v) is 20.7. The van der Waals surface area contributed by atoms with Crippen LogP contribution in [0.3, 0.4) is 0 Å². The van der Waals surface area contributed by atoms with Crippen molar-refractivity contribution in [2.24, 2.45) is 0 Å². The Bertz CT molecular complexity index is 1410. The number of carbonyl (C=O) groups is 1. The van der Waals surface area contributed by atoms with Crippen LogP contribution in [0.25, 0.3) is 21.9 Å². The van der Waals surface area contributed by atoms with Crippen molar-refractivity contribution in [3.05, 3.63) is 68.2 Å². The van der Waals surface area contributed by atoms with Gasteiger partial charge in [-0.1, -0.05) is 19.1 Å². The first kappa shape index (κ1) is 22.9. The molecule has 172 valence electrons. The number of aromatic nitrogens is 4. The summed E-state index contributed by atoms with van der Waals surface area (Å²) in [5, 5.41) is 9.59. The van der Waals surface area contributed by atoms with E-state index in [2.05, 4.69) is 30.2 Å². The predicted octanol–water partition coefficient (Wildman–Crippen LogP) is 4.30. The number of thiazole rings is 1. The maximum absolute atomic E-state index is 13.6. The maximum atomic E-state index is 13.6. The number of aryl methyl sites for hydroxylation is 3. The molecule has 1 aromatic carbocycles. The van der Waals surface area contributed by atoms with Crippen LogP contribution in [-0.4, -0.2) is 31.1 Å². The summed E-state index contributed by atoms with van der Waals surface area (Å²) in [4.78, 5) is 31.3. The van der Waals surface area contributed by atoms with Crippen LogP contribution in [-0.2, 0) is 11.2 Å². The fourth-order valence-electron chi connectivity index (χ4n) is 3.92. The van der Waals surface area contributed by atoms with Gasteiger partial charge in [0, 0.05) is 22.8 Å². The topological polar surface area (TPSA) is 81.3 Å². The van der Waals surface area contributed by atoms with Gasteiger partial charge in [0.1, 0.15) is 5.69 Å². The van der Waals surface area contributed by atoms with Crippen LogP contribution in [0.5, 0.6) is 0 Å². The third kappa shape index (κ3) is 4.23. The lowest BCUT2D eigenvalue weighted by Crippen LogP contribution is -2.34. The summed E-state index contributed by atoms with van der Waals surface area (Å²) in [5.41, 5.74) is 6.36. The van der Waals surface area contributed by atoms with Gasteiger partial charge in [-0.2, -0.15) is 5.10 Å². The highest BCUT2D eigenvalue weighted by Gasteiger charge is 2.20. The Hall–Kier alpha value is -3.26. The van der Waals surface area contributed by atoms with Gasteiger partial charge in [-0.05, 0) is 64.3 Å². The highest BCUT2D eigenvalue weighted by Crippen LogP contribution is 2.25. The molecule has 1 amide bonds. The number of fused-ring (bicyclic) bond motifs is 1. The molecule has 0 radical (unpaired) electrons. The molecular formula is C25H29N5O2S. The van der Waals surface area contributed by atoms with Crippen molar-refractivity contribution in [2.45, 2.75) is 60.4 Å². The van der Waals surface area contributed by atoms with E-state index in [4.69, 9.17) is 5.10 Å². The van der Waals surface area contributed by atoms with Gasteiger partial charge < -0.3 is 5.32 Å². The zero-order chi connectivity index (χ0) is 23.9. The molecule has 33 heavy (non-hydrogen) atoms.